The quantitative estimate of drug-likeness (QED) is 0.722. The van der Waals surface area contributed by atoms with Gasteiger partial charge >= 0.3 is 0 Å². The van der Waals surface area contributed by atoms with E-state index in [1.54, 1.807) is 0 Å². The Hall–Kier alpha value is -0.650. The van der Waals surface area contributed by atoms with Crippen molar-refractivity contribution in [3.8, 4) is 0 Å². The molecule has 104 valence electrons. The number of carbonyl (C=O) groups excluding carboxylic acids is 1. The van der Waals surface area contributed by atoms with Crippen LogP contribution in [0.4, 0.5) is 0 Å². The second-order valence-electron chi connectivity index (χ2n) is 5.51. The Morgan fingerprint density at radius 1 is 1.22 bits per heavy atom. The number of nitrogens with two attached hydrogens (primary N) is 1. The lowest BCUT2D eigenvalue weighted by molar-refractivity contribution is -0.135. The van der Waals surface area contributed by atoms with E-state index in [0.717, 1.165) is 58.4 Å². The third kappa shape index (κ3) is 3.43. The first-order chi connectivity index (χ1) is 8.70. The van der Waals surface area contributed by atoms with E-state index in [1.165, 1.54) is 0 Å². The third-order valence-electron chi connectivity index (χ3n) is 4.14. The molecule has 2 rings (SSSR count). The SMILES string of the molecule is NC1CCC(C(=O)N2CCCN(CCO)CC2)C1. The maximum atomic E-state index is 12.4. The normalized spacial score (nSPS) is 30.4. The minimum Gasteiger partial charge on any atom is -0.395 e. The number of hydrogen-bond donors (Lipinski definition) is 2. The van der Waals surface area contributed by atoms with Crippen LogP contribution in [0.25, 0.3) is 0 Å². The fourth-order valence-corrected chi connectivity index (χ4v) is 3.06. The number of β-amino-alcohol motifs (C(OH)–C–C–N with tert-alkyl or cyclic N) is 1. The highest BCUT2D eigenvalue weighted by atomic mass is 16.3. The van der Waals surface area contributed by atoms with Crippen LogP contribution < -0.4 is 5.73 Å². The highest BCUT2D eigenvalue weighted by Crippen LogP contribution is 2.26. The fourth-order valence-electron chi connectivity index (χ4n) is 3.06. The van der Waals surface area contributed by atoms with Crippen LogP contribution in [0.2, 0.25) is 0 Å². The van der Waals surface area contributed by atoms with Gasteiger partial charge in [-0.25, -0.2) is 0 Å². The van der Waals surface area contributed by atoms with Gasteiger partial charge in [-0.1, -0.05) is 0 Å². The Balaban J connectivity index is 1.83. The second kappa shape index (κ2) is 6.50. The van der Waals surface area contributed by atoms with Crippen molar-refractivity contribution in [2.45, 2.75) is 31.7 Å². The van der Waals surface area contributed by atoms with Crippen molar-refractivity contribution in [3.63, 3.8) is 0 Å². The molecule has 0 aromatic carbocycles. The molecule has 1 heterocycles. The monoisotopic (exact) mass is 255 g/mol. The van der Waals surface area contributed by atoms with Crippen molar-refractivity contribution in [2.75, 3.05) is 39.3 Å². The van der Waals surface area contributed by atoms with Gasteiger partial charge in [-0.3, -0.25) is 9.69 Å². The molecule has 1 aliphatic carbocycles. The average Bonchev–Trinajstić information content (AvgIpc) is 2.65. The van der Waals surface area contributed by atoms with E-state index < -0.39 is 0 Å². The molecule has 1 saturated carbocycles. The lowest BCUT2D eigenvalue weighted by atomic mass is 10.1. The first-order valence-electron chi connectivity index (χ1n) is 7.08. The average molecular weight is 255 g/mol. The Labute approximate surface area is 109 Å². The van der Waals surface area contributed by atoms with E-state index in [1.807, 2.05) is 4.90 Å². The van der Waals surface area contributed by atoms with Crippen LogP contribution >= 0.6 is 0 Å². The molecular weight excluding hydrogens is 230 g/mol. The van der Waals surface area contributed by atoms with E-state index in [9.17, 15) is 4.79 Å². The molecule has 2 fully saturated rings. The number of aliphatic hydroxyl groups excluding tert-OH is 1. The molecule has 18 heavy (non-hydrogen) atoms. The van der Waals surface area contributed by atoms with E-state index >= 15 is 0 Å². The molecule has 0 radical (unpaired) electrons. The van der Waals surface area contributed by atoms with Gasteiger partial charge in [-0.2, -0.15) is 0 Å². The van der Waals surface area contributed by atoms with Gasteiger partial charge in [0.25, 0.3) is 0 Å². The summed E-state index contributed by atoms with van der Waals surface area (Å²) < 4.78 is 0. The molecule has 0 spiro atoms. The molecule has 3 N–H and O–H groups in total. The summed E-state index contributed by atoms with van der Waals surface area (Å²) in [5.74, 6) is 0.457. The molecule has 1 aliphatic heterocycles. The number of aliphatic hydroxyl groups is 1. The van der Waals surface area contributed by atoms with Crippen molar-refractivity contribution < 1.29 is 9.90 Å². The Morgan fingerprint density at radius 2 is 2.06 bits per heavy atom. The molecule has 2 aliphatic rings. The maximum absolute atomic E-state index is 12.4. The summed E-state index contributed by atoms with van der Waals surface area (Å²) in [6.07, 6.45) is 3.80. The molecule has 0 aromatic heterocycles. The first-order valence-corrected chi connectivity index (χ1v) is 7.08. The van der Waals surface area contributed by atoms with E-state index in [-0.39, 0.29) is 18.6 Å². The maximum Gasteiger partial charge on any atom is 0.225 e. The van der Waals surface area contributed by atoms with Crippen LogP contribution in [0.15, 0.2) is 0 Å². The number of nitrogens with zero attached hydrogens (tertiary/aromatic N) is 2. The van der Waals surface area contributed by atoms with Gasteiger partial charge in [-0.15, -0.1) is 0 Å². The zero-order valence-corrected chi connectivity index (χ0v) is 11.1. The predicted molar refractivity (Wildman–Crippen MR) is 70.0 cm³/mol. The lowest BCUT2D eigenvalue weighted by Gasteiger charge is -2.24. The predicted octanol–water partition coefficient (Wildman–Crippen LogP) is -0.360. The smallest absolute Gasteiger partial charge is 0.225 e. The second-order valence-corrected chi connectivity index (χ2v) is 5.51. The number of rotatable bonds is 3. The molecule has 5 heteroatoms. The summed E-state index contributed by atoms with van der Waals surface area (Å²) in [7, 11) is 0. The summed E-state index contributed by atoms with van der Waals surface area (Å²) in [6.45, 7) is 4.43. The van der Waals surface area contributed by atoms with Crippen LogP contribution in [0.5, 0.6) is 0 Å². The lowest BCUT2D eigenvalue weighted by Crippen LogP contribution is -2.39. The summed E-state index contributed by atoms with van der Waals surface area (Å²) in [4.78, 5) is 16.6. The molecule has 1 saturated heterocycles. The molecule has 5 nitrogen and oxygen atoms in total. The van der Waals surface area contributed by atoms with Crippen LogP contribution in [-0.2, 0) is 4.79 Å². The molecule has 2 atom stereocenters. The van der Waals surface area contributed by atoms with E-state index in [2.05, 4.69) is 4.90 Å². The minimum atomic E-state index is 0.157. The zero-order chi connectivity index (χ0) is 13.0. The van der Waals surface area contributed by atoms with Crippen molar-refractivity contribution in [3.05, 3.63) is 0 Å². The number of amides is 1. The summed E-state index contributed by atoms with van der Waals surface area (Å²) >= 11 is 0. The van der Waals surface area contributed by atoms with Crippen LogP contribution in [-0.4, -0.2) is 66.2 Å². The van der Waals surface area contributed by atoms with Gasteiger partial charge in [-0.05, 0) is 32.2 Å². The van der Waals surface area contributed by atoms with Crippen molar-refractivity contribution in [2.24, 2.45) is 11.7 Å². The number of carbonyl (C=O) groups is 1. The molecular formula is C13H25N3O2. The molecule has 0 bridgehead atoms. The topological polar surface area (TPSA) is 69.8 Å². The summed E-state index contributed by atoms with van der Waals surface area (Å²) in [5, 5.41) is 8.95. The Kier molecular flexibility index (Phi) is 4.97. The standard InChI is InChI=1S/C13H25N3O2/c14-12-3-2-11(10-12)13(18)16-5-1-4-15(6-7-16)8-9-17/h11-12,17H,1-10,14H2. The molecule has 0 aromatic rings. The highest BCUT2D eigenvalue weighted by Gasteiger charge is 2.31. The van der Waals surface area contributed by atoms with Crippen molar-refractivity contribution in [1.82, 2.24) is 9.80 Å². The van der Waals surface area contributed by atoms with Gasteiger partial charge in [0, 0.05) is 38.1 Å². The van der Waals surface area contributed by atoms with E-state index in [4.69, 9.17) is 10.8 Å². The Morgan fingerprint density at radius 3 is 2.72 bits per heavy atom. The zero-order valence-electron chi connectivity index (χ0n) is 11.1. The minimum absolute atomic E-state index is 0.157. The number of hydrogen-bond acceptors (Lipinski definition) is 4. The van der Waals surface area contributed by atoms with Crippen molar-refractivity contribution >= 4 is 5.91 Å². The molecule has 2 unspecified atom stereocenters. The van der Waals surface area contributed by atoms with Gasteiger partial charge in [0.2, 0.25) is 5.91 Å². The van der Waals surface area contributed by atoms with Gasteiger partial charge in [0.05, 0.1) is 6.61 Å². The third-order valence-corrected chi connectivity index (χ3v) is 4.14. The fraction of sp³-hybridized carbons (Fsp3) is 0.923. The van der Waals surface area contributed by atoms with Crippen molar-refractivity contribution in [1.29, 1.82) is 0 Å². The van der Waals surface area contributed by atoms with Crippen LogP contribution in [0, 0.1) is 5.92 Å². The van der Waals surface area contributed by atoms with Crippen LogP contribution in [0.1, 0.15) is 25.7 Å². The largest absolute Gasteiger partial charge is 0.395 e. The highest BCUT2D eigenvalue weighted by molar-refractivity contribution is 5.79. The summed E-state index contributed by atoms with van der Waals surface area (Å²) in [5.41, 5.74) is 5.88. The van der Waals surface area contributed by atoms with Crippen LogP contribution in [0.3, 0.4) is 0 Å². The Bertz CT molecular complexity index is 285. The van der Waals surface area contributed by atoms with Gasteiger partial charge < -0.3 is 15.7 Å². The summed E-state index contributed by atoms with van der Waals surface area (Å²) in [6, 6.07) is 0.219. The molecule has 1 amide bonds. The van der Waals surface area contributed by atoms with E-state index in [0.29, 0.717) is 5.91 Å². The first kappa shape index (κ1) is 13.8. The van der Waals surface area contributed by atoms with Gasteiger partial charge in [0.1, 0.15) is 0 Å². The van der Waals surface area contributed by atoms with Gasteiger partial charge in [0.15, 0.2) is 0 Å².